The van der Waals surface area contributed by atoms with Gasteiger partial charge < -0.3 is 5.73 Å². The molecule has 20 heavy (non-hydrogen) atoms. The summed E-state index contributed by atoms with van der Waals surface area (Å²) in [5.41, 5.74) is 8.66. The highest BCUT2D eigenvalue weighted by molar-refractivity contribution is 6.33. The summed E-state index contributed by atoms with van der Waals surface area (Å²) in [6, 6.07) is 9.60. The maximum Gasteiger partial charge on any atom is 0.172 e. The average molecular weight is 289 g/mol. The van der Waals surface area contributed by atoms with E-state index in [0.717, 1.165) is 5.56 Å². The number of hydrogen-bond donors (Lipinski definition) is 1. The van der Waals surface area contributed by atoms with E-state index in [1.807, 2.05) is 24.3 Å². The van der Waals surface area contributed by atoms with Gasteiger partial charge in [0.2, 0.25) is 0 Å². The van der Waals surface area contributed by atoms with E-state index < -0.39 is 0 Å². The van der Waals surface area contributed by atoms with Crippen molar-refractivity contribution in [3.05, 3.63) is 58.4 Å². The number of Topliss-reactive ketones (excluding diaryl/α,β-unsaturated/α-hetero) is 1. The van der Waals surface area contributed by atoms with Gasteiger partial charge in [-0.2, -0.15) is 0 Å². The van der Waals surface area contributed by atoms with E-state index in [-0.39, 0.29) is 17.4 Å². The van der Waals surface area contributed by atoms with Crippen LogP contribution in [0.3, 0.4) is 0 Å². The van der Waals surface area contributed by atoms with Crippen LogP contribution in [0.25, 0.3) is 0 Å². The van der Waals surface area contributed by atoms with Crippen molar-refractivity contribution in [1.29, 1.82) is 0 Å². The predicted octanol–water partition coefficient (Wildman–Crippen LogP) is 3.87. The number of nitrogen functional groups attached to an aromatic ring is 1. The predicted molar refractivity (Wildman–Crippen MR) is 82.2 cm³/mol. The van der Waals surface area contributed by atoms with E-state index in [1.165, 1.54) is 11.8 Å². The van der Waals surface area contributed by atoms with Crippen molar-refractivity contribution in [2.45, 2.75) is 26.2 Å². The number of ketones is 1. The van der Waals surface area contributed by atoms with Crippen LogP contribution >= 0.6 is 11.6 Å². The van der Waals surface area contributed by atoms with Crippen LogP contribution in [0.5, 0.6) is 0 Å². The van der Waals surface area contributed by atoms with Crippen molar-refractivity contribution >= 4 is 23.1 Å². The van der Waals surface area contributed by atoms with Crippen molar-refractivity contribution in [3.63, 3.8) is 0 Å². The fraction of sp³-hybridized carbons (Fsp3) is 0.250. The summed E-state index contributed by atoms with van der Waals surface area (Å²) in [4.78, 5) is 16.2. The maximum atomic E-state index is 12.3. The number of nitrogens with two attached hydrogens (primary N) is 1. The molecule has 0 saturated heterocycles. The second-order valence-corrected chi connectivity index (χ2v) is 5.42. The molecule has 3 nitrogen and oxygen atoms in total. The second-order valence-electron chi connectivity index (χ2n) is 5.06. The minimum Gasteiger partial charge on any atom is -0.398 e. The zero-order valence-corrected chi connectivity index (χ0v) is 12.3. The van der Waals surface area contributed by atoms with Gasteiger partial charge >= 0.3 is 0 Å². The topological polar surface area (TPSA) is 56.0 Å². The Balaban J connectivity index is 2.19. The zero-order chi connectivity index (χ0) is 14.7. The fourth-order valence-electron chi connectivity index (χ4n) is 2.02. The lowest BCUT2D eigenvalue weighted by Crippen LogP contribution is -2.08. The molecule has 1 aromatic heterocycles. The second kappa shape index (κ2) is 6.06. The summed E-state index contributed by atoms with van der Waals surface area (Å²) in [5, 5.41) is 0.161. The van der Waals surface area contributed by atoms with Gasteiger partial charge in [-0.1, -0.05) is 49.7 Å². The molecule has 0 unspecified atom stereocenters. The van der Waals surface area contributed by atoms with Crippen LogP contribution in [0.15, 0.2) is 36.5 Å². The summed E-state index contributed by atoms with van der Waals surface area (Å²) in [6.07, 6.45) is 1.76. The van der Waals surface area contributed by atoms with Gasteiger partial charge in [0.25, 0.3) is 0 Å². The Morgan fingerprint density at radius 3 is 2.45 bits per heavy atom. The highest BCUT2D eigenvalue weighted by Crippen LogP contribution is 2.22. The molecule has 1 aromatic carbocycles. The molecule has 0 radical (unpaired) electrons. The summed E-state index contributed by atoms with van der Waals surface area (Å²) in [6.45, 7) is 4.27. The molecule has 1 heterocycles. The Morgan fingerprint density at radius 2 is 1.90 bits per heavy atom. The van der Waals surface area contributed by atoms with E-state index in [9.17, 15) is 4.79 Å². The fourth-order valence-corrected chi connectivity index (χ4v) is 2.29. The van der Waals surface area contributed by atoms with Crippen LogP contribution in [0.1, 0.15) is 41.3 Å². The van der Waals surface area contributed by atoms with Gasteiger partial charge in [-0.3, -0.25) is 4.79 Å². The average Bonchev–Trinajstić information content (AvgIpc) is 2.39. The lowest BCUT2D eigenvalue weighted by Gasteiger charge is -2.08. The number of anilines is 1. The van der Waals surface area contributed by atoms with Crippen molar-refractivity contribution in [3.8, 4) is 0 Å². The first-order valence-corrected chi connectivity index (χ1v) is 6.89. The molecule has 0 fully saturated rings. The molecule has 2 rings (SSSR count). The van der Waals surface area contributed by atoms with Crippen LogP contribution in [0.2, 0.25) is 5.15 Å². The third kappa shape index (κ3) is 3.17. The van der Waals surface area contributed by atoms with Crippen molar-refractivity contribution < 1.29 is 4.79 Å². The third-order valence-electron chi connectivity index (χ3n) is 3.23. The van der Waals surface area contributed by atoms with Crippen LogP contribution in [-0.2, 0) is 6.42 Å². The molecule has 0 aliphatic rings. The Morgan fingerprint density at radius 1 is 1.25 bits per heavy atom. The van der Waals surface area contributed by atoms with Crippen molar-refractivity contribution in [2.24, 2.45) is 0 Å². The number of halogens is 1. The zero-order valence-electron chi connectivity index (χ0n) is 11.6. The van der Waals surface area contributed by atoms with Crippen LogP contribution in [-0.4, -0.2) is 10.8 Å². The molecule has 0 atom stereocenters. The smallest absolute Gasteiger partial charge is 0.172 e. The molecule has 0 amide bonds. The molecule has 0 spiro atoms. The number of pyridine rings is 1. The molecule has 2 aromatic rings. The monoisotopic (exact) mass is 288 g/mol. The van der Waals surface area contributed by atoms with Crippen molar-refractivity contribution in [1.82, 2.24) is 4.98 Å². The molecule has 0 saturated carbocycles. The highest BCUT2D eigenvalue weighted by Gasteiger charge is 2.15. The number of carbonyl (C=O) groups is 1. The summed E-state index contributed by atoms with van der Waals surface area (Å²) < 4.78 is 0. The molecular weight excluding hydrogens is 272 g/mol. The molecule has 2 N–H and O–H groups in total. The van der Waals surface area contributed by atoms with E-state index >= 15 is 0 Å². The van der Waals surface area contributed by atoms with Gasteiger partial charge in [-0.05, 0) is 23.1 Å². The first-order chi connectivity index (χ1) is 9.49. The van der Waals surface area contributed by atoms with Crippen molar-refractivity contribution in [2.75, 3.05) is 5.73 Å². The molecular formula is C16H17ClN2O. The van der Waals surface area contributed by atoms with Gasteiger partial charge in [0.1, 0.15) is 5.15 Å². The number of rotatable bonds is 4. The van der Waals surface area contributed by atoms with Crippen LogP contribution in [0, 0.1) is 0 Å². The van der Waals surface area contributed by atoms with Gasteiger partial charge in [-0.25, -0.2) is 4.98 Å². The first-order valence-electron chi connectivity index (χ1n) is 6.51. The van der Waals surface area contributed by atoms with E-state index in [1.54, 1.807) is 6.07 Å². The Kier molecular flexibility index (Phi) is 4.40. The number of nitrogens with zero attached hydrogens (tertiary/aromatic N) is 1. The van der Waals surface area contributed by atoms with Gasteiger partial charge in [0.05, 0.1) is 5.56 Å². The summed E-state index contributed by atoms with van der Waals surface area (Å²) in [5.74, 6) is 0.362. The SMILES string of the molecule is CC(C)c1ccc(CC(=O)c2c(N)ccnc2Cl)cc1. The number of hydrogen-bond acceptors (Lipinski definition) is 3. The van der Waals surface area contributed by atoms with Crippen LogP contribution < -0.4 is 5.73 Å². The van der Waals surface area contributed by atoms with E-state index in [0.29, 0.717) is 17.2 Å². The third-order valence-corrected chi connectivity index (χ3v) is 3.51. The quantitative estimate of drug-likeness (QED) is 0.686. The molecule has 0 aliphatic carbocycles. The minimum absolute atomic E-state index is 0.113. The first kappa shape index (κ1) is 14.5. The molecule has 0 bridgehead atoms. The lowest BCUT2D eigenvalue weighted by molar-refractivity contribution is 0.0993. The molecule has 104 valence electrons. The maximum absolute atomic E-state index is 12.3. The number of aromatic nitrogens is 1. The normalized spacial score (nSPS) is 10.8. The molecule has 0 aliphatic heterocycles. The van der Waals surface area contributed by atoms with Gasteiger partial charge in [-0.15, -0.1) is 0 Å². The molecule has 4 heteroatoms. The Bertz CT molecular complexity index is 601. The van der Waals surface area contributed by atoms with Crippen LogP contribution in [0.4, 0.5) is 5.69 Å². The van der Waals surface area contributed by atoms with E-state index in [4.69, 9.17) is 17.3 Å². The number of benzene rings is 1. The lowest BCUT2D eigenvalue weighted by atomic mass is 9.98. The van der Waals surface area contributed by atoms with E-state index in [2.05, 4.69) is 18.8 Å². The minimum atomic E-state index is -0.113. The summed E-state index contributed by atoms with van der Waals surface area (Å²) >= 11 is 5.95. The number of carbonyl (C=O) groups excluding carboxylic acids is 1. The van der Waals surface area contributed by atoms with Gasteiger partial charge in [0.15, 0.2) is 5.78 Å². The standard InChI is InChI=1S/C16H17ClN2O/c1-10(2)12-5-3-11(4-6-12)9-14(20)15-13(18)7-8-19-16(15)17/h3-8,10H,9H2,1-2H3,(H2,18,19). The summed E-state index contributed by atoms with van der Waals surface area (Å²) in [7, 11) is 0. The Hall–Kier alpha value is -1.87. The highest BCUT2D eigenvalue weighted by atomic mass is 35.5. The van der Waals surface area contributed by atoms with Gasteiger partial charge in [0, 0.05) is 18.3 Å². The Labute approximate surface area is 123 Å². The largest absolute Gasteiger partial charge is 0.398 e.